The second-order valence-corrected chi connectivity index (χ2v) is 6.18. The van der Waals surface area contributed by atoms with E-state index in [1.54, 1.807) is 11.8 Å². The lowest BCUT2D eigenvalue weighted by Gasteiger charge is -2.18. The molecule has 1 atom stereocenters. The molecule has 0 saturated heterocycles. The van der Waals surface area contributed by atoms with Crippen molar-refractivity contribution in [3.05, 3.63) is 102 Å². The average Bonchev–Trinajstić information content (AvgIpc) is 2.61. The molecule has 2 heteroatoms. The predicted molar refractivity (Wildman–Crippen MR) is 94.8 cm³/mol. The highest BCUT2D eigenvalue weighted by molar-refractivity contribution is 8.00. The molecular weight excluding hydrogens is 286 g/mol. The summed E-state index contributed by atoms with van der Waals surface area (Å²) in [7, 11) is 0. The van der Waals surface area contributed by atoms with Crippen LogP contribution in [0.4, 0.5) is 0 Å². The predicted octanol–water partition coefficient (Wildman–Crippen LogP) is 5.59. The largest absolute Gasteiger partial charge is 0.303 e. The fourth-order valence-corrected chi connectivity index (χ4v) is 3.46. The van der Waals surface area contributed by atoms with Crippen molar-refractivity contribution in [2.45, 2.75) is 10.1 Å². The molecule has 3 aromatic rings. The van der Waals surface area contributed by atoms with Crippen LogP contribution in [-0.2, 0) is 0 Å². The van der Waals surface area contributed by atoms with Crippen molar-refractivity contribution in [3.8, 4) is 0 Å². The van der Waals surface area contributed by atoms with Crippen molar-refractivity contribution >= 4 is 17.5 Å². The molecule has 0 bridgehead atoms. The Labute approximate surface area is 135 Å². The van der Waals surface area contributed by atoms with Gasteiger partial charge in [-0.15, -0.1) is 11.8 Å². The van der Waals surface area contributed by atoms with Gasteiger partial charge in [0.2, 0.25) is 0 Å². The lowest BCUT2D eigenvalue weighted by Crippen LogP contribution is -2.09. The third kappa shape index (κ3) is 3.46. The zero-order valence-electron chi connectivity index (χ0n) is 12.1. The van der Waals surface area contributed by atoms with E-state index in [1.807, 2.05) is 66.7 Å². The minimum Gasteiger partial charge on any atom is -0.303 e. The van der Waals surface area contributed by atoms with E-state index in [1.165, 1.54) is 4.90 Å². The first-order valence-electron chi connectivity index (χ1n) is 7.25. The molecule has 108 valence electrons. The van der Waals surface area contributed by atoms with Crippen molar-refractivity contribution in [3.63, 3.8) is 0 Å². The highest BCUT2D eigenvalue weighted by atomic mass is 32.2. The van der Waals surface area contributed by atoms with Crippen LogP contribution >= 0.6 is 11.8 Å². The summed E-state index contributed by atoms with van der Waals surface area (Å²) in [6, 6.07) is 30.5. The summed E-state index contributed by atoms with van der Waals surface area (Å²) < 4.78 is 0. The lowest BCUT2D eigenvalue weighted by molar-refractivity contribution is 1.23. The average molecular weight is 303 g/mol. The fourth-order valence-electron chi connectivity index (χ4n) is 2.33. The zero-order chi connectivity index (χ0) is 15.2. The van der Waals surface area contributed by atoms with E-state index in [0.717, 1.165) is 11.1 Å². The number of hydrogen-bond donors (Lipinski definition) is 1. The van der Waals surface area contributed by atoms with Crippen LogP contribution in [0, 0.1) is 5.41 Å². The molecule has 0 radical (unpaired) electrons. The molecule has 0 aliphatic heterocycles. The van der Waals surface area contributed by atoms with Gasteiger partial charge in [0.15, 0.2) is 0 Å². The third-order valence-corrected chi connectivity index (χ3v) is 4.73. The second kappa shape index (κ2) is 7.10. The van der Waals surface area contributed by atoms with E-state index in [2.05, 4.69) is 24.3 Å². The van der Waals surface area contributed by atoms with Gasteiger partial charge in [-0.2, -0.15) is 0 Å². The fraction of sp³-hybridized carbons (Fsp3) is 0.0500. The number of hydrogen-bond acceptors (Lipinski definition) is 2. The SMILES string of the molecule is N=C(c1ccccc1)C(Sc1ccccc1)c1ccccc1. The molecule has 0 amide bonds. The minimum absolute atomic E-state index is 0.00833. The van der Waals surface area contributed by atoms with E-state index < -0.39 is 0 Å². The van der Waals surface area contributed by atoms with Crippen molar-refractivity contribution in [1.82, 2.24) is 0 Å². The molecule has 0 aromatic heterocycles. The smallest absolute Gasteiger partial charge is 0.0765 e. The Morgan fingerprint density at radius 1 is 0.682 bits per heavy atom. The topological polar surface area (TPSA) is 23.9 Å². The molecule has 0 aliphatic rings. The maximum absolute atomic E-state index is 8.65. The van der Waals surface area contributed by atoms with Crippen molar-refractivity contribution in [2.24, 2.45) is 0 Å². The Morgan fingerprint density at radius 3 is 1.77 bits per heavy atom. The highest BCUT2D eigenvalue weighted by Crippen LogP contribution is 2.37. The molecule has 0 spiro atoms. The number of nitrogens with one attached hydrogen (secondary N) is 1. The standard InChI is InChI=1S/C20H17NS/c21-19(16-10-4-1-5-11-16)20(17-12-6-2-7-13-17)22-18-14-8-3-9-15-18/h1-15,20-21H. The normalized spacial score (nSPS) is 11.8. The zero-order valence-corrected chi connectivity index (χ0v) is 13.0. The van der Waals surface area contributed by atoms with Crippen LogP contribution in [0.5, 0.6) is 0 Å². The monoisotopic (exact) mass is 303 g/mol. The van der Waals surface area contributed by atoms with Crippen molar-refractivity contribution in [2.75, 3.05) is 0 Å². The number of benzene rings is 3. The van der Waals surface area contributed by atoms with Crippen LogP contribution in [0.1, 0.15) is 16.4 Å². The van der Waals surface area contributed by atoms with Gasteiger partial charge in [0.05, 0.1) is 11.0 Å². The van der Waals surface area contributed by atoms with Crippen molar-refractivity contribution in [1.29, 1.82) is 5.41 Å². The van der Waals surface area contributed by atoms with E-state index in [-0.39, 0.29) is 5.25 Å². The van der Waals surface area contributed by atoms with Gasteiger partial charge in [-0.25, -0.2) is 0 Å². The summed E-state index contributed by atoms with van der Waals surface area (Å²) in [5.41, 5.74) is 2.77. The van der Waals surface area contributed by atoms with Gasteiger partial charge < -0.3 is 5.41 Å². The Kier molecular flexibility index (Phi) is 4.71. The molecule has 22 heavy (non-hydrogen) atoms. The van der Waals surface area contributed by atoms with Crippen LogP contribution < -0.4 is 0 Å². The first kappa shape index (κ1) is 14.6. The Morgan fingerprint density at radius 2 is 1.18 bits per heavy atom. The summed E-state index contributed by atoms with van der Waals surface area (Å²) in [6.07, 6.45) is 0. The maximum Gasteiger partial charge on any atom is 0.0765 e. The molecule has 1 nitrogen and oxygen atoms in total. The molecule has 1 N–H and O–H groups in total. The highest BCUT2D eigenvalue weighted by Gasteiger charge is 2.19. The quantitative estimate of drug-likeness (QED) is 0.482. The lowest BCUT2D eigenvalue weighted by atomic mass is 10.0. The maximum atomic E-state index is 8.65. The Hall–Kier alpha value is -2.32. The van der Waals surface area contributed by atoms with Gasteiger partial charge in [0, 0.05) is 4.90 Å². The molecule has 0 saturated carbocycles. The summed E-state index contributed by atoms with van der Waals surface area (Å²) in [5, 5.41) is 8.64. The Balaban J connectivity index is 1.95. The summed E-state index contributed by atoms with van der Waals surface area (Å²) in [6.45, 7) is 0. The first-order valence-corrected chi connectivity index (χ1v) is 8.13. The van der Waals surface area contributed by atoms with Gasteiger partial charge in [-0.3, -0.25) is 0 Å². The van der Waals surface area contributed by atoms with Gasteiger partial charge in [-0.05, 0) is 23.3 Å². The summed E-state index contributed by atoms with van der Waals surface area (Å²) in [5.74, 6) is 0. The van der Waals surface area contributed by atoms with Crippen LogP contribution in [0.2, 0.25) is 0 Å². The second-order valence-electron chi connectivity index (χ2n) is 5.00. The molecular formula is C20H17NS. The molecule has 1 unspecified atom stereocenters. The van der Waals surface area contributed by atoms with E-state index in [4.69, 9.17) is 5.41 Å². The molecule has 0 aliphatic carbocycles. The van der Waals surface area contributed by atoms with Gasteiger partial charge in [0.1, 0.15) is 0 Å². The molecule has 3 rings (SSSR count). The third-order valence-electron chi connectivity index (χ3n) is 3.45. The molecule has 0 fully saturated rings. The van der Waals surface area contributed by atoms with Crippen LogP contribution in [-0.4, -0.2) is 5.71 Å². The van der Waals surface area contributed by atoms with Crippen LogP contribution in [0.25, 0.3) is 0 Å². The summed E-state index contributed by atoms with van der Waals surface area (Å²) >= 11 is 1.72. The molecule has 0 heterocycles. The van der Waals surface area contributed by atoms with Crippen molar-refractivity contribution < 1.29 is 0 Å². The summed E-state index contributed by atoms with van der Waals surface area (Å²) in [4.78, 5) is 1.18. The van der Waals surface area contributed by atoms with Gasteiger partial charge in [0.25, 0.3) is 0 Å². The number of thioether (sulfide) groups is 1. The number of rotatable bonds is 5. The van der Waals surface area contributed by atoms with Gasteiger partial charge in [-0.1, -0.05) is 78.9 Å². The van der Waals surface area contributed by atoms with Crippen LogP contribution in [0.15, 0.2) is 95.9 Å². The van der Waals surface area contributed by atoms with E-state index in [9.17, 15) is 0 Å². The van der Waals surface area contributed by atoms with Gasteiger partial charge >= 0.3 is 0 Å². The van der Waals surface area contributed by atoms with E-state index in [0.29, 0.717) is 5.71 Å². The molecule has 3 aromatic carbocycles. The van der Waals surface area contributed by atoms with E-state index >= 15 is 0 Å². The first-order chi connectivity index (χ1) is 10.8. The Bertz CT molecular complexity index is 723. The van der Waals surface area contributed by atoms with Crippen LogP contribution in [0.3, 0.4) is 0 Å². The minimum atomic E-state index is -0.00833.